The average molecular weight is 375 g/mol. The Bertz CT molecular complexity index is 624. The molecule has 0 radical (unpaired) electrons. The summed E-state index contributed by atoms with van der Waals surface area (Å²) in [7, 11) is 0. The molecule has 0 amide bonds. The van der Waals surface area contributed by atoms with E-state index in [0.717, 1.165) is 31.4 Å². The van der Waals surface area contributed by atoms with Crippen molar-refractivity contribution in [2.45, 2.75) is 37.8 Å². The van der Waals surface area contributed by atoms with E-state index in [4.69, 9.17) is 10.3 Å². The predicted molar refractivity (Wildman–Crippen MR) is 91.7 cm³/mol. The van der Waals surface area contributed by atoms with E-state index in [9.17, 15) is 8.78 Å². The quantitative estimate of drug-likeness (QED) is 0.419. The number of hydrogen-bond acceptors (Lipinski definition) is 4. The van der Waals surface area contributed by atoms with Crippen LogP contribution in [0.25, 0.3) is 10.4 Å². The summed E-state index contributed by atoms with van der Waals surface area (Å²) in [4.78, 5) is 2.77. The smallest absolute Gasteiger partial charge is 0.387 e. The van der Waals surface area contributed by atoms with Gasteiger partial charge in [0.05, 0.1) is 6.61 Å². The van der Waals surface area contributed by atoms with Crippen molar-refractivity contribution < 1.29 is 18.3 Å². The second kappa shape index (κ2) is 9.08. The minimum atomic E-state index is -2.87. The molecule has 25 heavy (non-hydrogen) atoms. The van der Waals surface area contributed by atoms with Crippen molar-refractivity contribution >= 4 is 12.4 Å². The van der Waals surface area contributed by atoms with Crippen LogP contribution in [0.2, 0.25) is 0 Å². The van der Waals surface area contributed by atoms with Gasteiger partial charge in [-0.3, -0.25) is 0 Å². The maximum atomic E-state index is 12.6. The van der Waals surface area contributed by atoms with E-state index >= 15 is 0 Å². The zero-order valence-corrected chi connectivity index (χ0v) is 14.4. The molecule has 1 saturated heterocycles. The van der Waals surface area contributed by atoms with E-state index in [1.165, 1.54) is 0 Å². The molecule has 1 aromatic carbocycles. The molecule has 0 aromatic heterocycles. The predicted octanol–water partition coefficient (Wildman–Crippen LogP) is 4.25. The zero-order valence-electron chi connectivity index (χ0n) is 13.6. The highest BCUT2D eigenvalue weighted by Gasteiger charge is 2.27. The molecule has 2 unspecified atom stereocenters. The van der Waals surface area contributed by atoms with E-state index in [0.29, 0.717) is 24.8 Å². The number of nitrogens with one attached hydrogen (secondary N) is 1. The van der Waals surface area contributed by atoms with Gasteiger partial charge in [0.1, 0.15) is 0 Å². The van der Waals surface area contributed by atoms with Crippen LogP contribution in [-0.4, -0.2) is 32.3 Å². The van der Waals surface area contributed by atoms with Gasteiger partial charge in [0.2, 0.25) is 0 Å². The number of rotatable bonds is 8. The molecule has 6 nitrogen and oxygen atoms in total. The first-order valence-electron chi connectivity index (χ1n) is 8.11. The molecule has 2 aliphatic rings. The lowest BCUT2D eigenvalue weighted by molar-refractivity contribution is -0.0515. The third-order valence-corrected chi connectivity index (χ3v) is 4.41. The molecule has 1 aliphatic heterocycles. The highest BCUT2D eigenvalue weighted by molar-refractivity contribution is 5.85. The number of ether oxygens (including phenoxy) is 2. The Morgan fingerprint density at radius 2 is 2.12 bits per heavy atom. The number of nitrogens with zero attached hydrogens (tertiary/aromatic N) is 3. The molecule has 2 fully saturated rings. The van der Waals surface area contributed by atoms with E-state index in [1.54, 1.807) is 18.2 Å². The minimum Gasteiger partial charge on any atom is -0.489 e. The van der Waals surface area contributed by atoms with Crippen molar-refractivity contribution in [3.63, 3.8) is 0 Å². The van der Waals surface area contributed by atoms with Crippen molar-refractivity contribution in [2.24, 2.45) is 11.0 Å². The van der Waals surface area contributed by atoms with Gasteiger partial charge in [-0.2, -0.15) is 8.78 Å². The molecule has 3 rings (SSSR count). The molecular formula is C16H21ClF2N4O2. The lowest BCUT2D eigenvalue weighted by Crippen LogP contribution is -2.23. The first-order chi connectivity index (χ1) is 11.7. The van der Waals surface area contributed by atoms with Crippen molar-refractivity contribution in [3.05, 3.63) is 34.2 Å². The van der Waals surface area contributed by atoms with Gasteiger partial charge in [-0.05, 0) is 54.3 Å². The van der Waals surface area contributed by atoms with Crippen LogP contribution < -0.4 is 14.8 Å². The fraction of sp³-hybridized carbons (Fsp3) is 0.625. The van der Waals surface area contributed by atoms with Crippen LogP contribution in [0.4, 0.5) is 8.78 Å². The normalized spacial score (nSPS) is 22.2. The summed E-state index contributed by atoms with van der Waals surface area (Å²) in [6, 6.07) is 5.27. The van der Waals surface area contributed by atoms with Crippen LogP contribution in [0.3, 0.4) is 0 Å². The highest BCUT2D eigenvalue weighted by Crippen LogP contribution is 2.37. The van der Waals surface area contributed by atoms with Crippen LogP contribution in [0.15, 0.2) is 23.3 Å². The number of halogens is 3. The summed E-state index contributed by atoms with van der Waals surface area (Å²) in [5.74, 6) is 1.20. The molecule has 0 bridgehead atoms. The van der Waals surface area contributed by atoms with Crippen LogP contribution in [0.5, 0.6) is 11.5 Å². The van der Waals surface area contributed by atoms with Crippen molar-refractivity contribution in [1.82, 2.24) is 5.32 Å². The van der Waals surface area contributed by atoms with Gasteiger partial charge >= 0.3 is 6.61 Å². The molecule has 1 aliphatic carbocycles. The van der Waals surface area contributed by atoms with Crippen LogP contribution in [0.1, 0.15) is 30.7 Å². The number of benzene rings is 1. The van der Waals surface area contributed by atoms with E-state index in [1.807, 2.05) is 0 Å². The summed E-state index contributed by atoms with van der Waals surface area (Å²) in [6.07, 6.45) is 3.08. The van der Waals surface area contributed by atoms with Gasteiger partial charge < -0.3 is 14.8 Å². The SMILES string of the molecule is Cl.[N-]=[N+]=NCC1CC(c2ccc(OC(F)F)c(OCC3CC3)c2)CN1. The molecule has 1 aromatic rings. The van der Waals surface area contributed by atoms with E-state index in [2.05, 4.69) is 20.1 Å². The zero-order chi connectivity index (χ0) is 16.9. The third kappa shape index (κ3) is 5.63. The highest BCUT2D eigenvalue weighted by atomic mass is 35.5. The summed E-state index contributed by atoms with van der Waals surface area (Å²) < 4.78 is 35.4. The first-order valence-corrected chi connectivity index (χ1v) is 8.11. The largest absolute Gasteiger partial charge is 0.489 e. The average Bonchev–Trinajstić information content (AvgIpc) is 3.27. The Morgan fingerprint density at radius 1 is 1.32 bits per heavy atom. The molecular weight excluding hydrogens is 354 g/mol. The second-order valence-electron chi connectivity index (χ2n) is 6.29. The fourth-order valence-electron chi connectivity index (χ4n) is 2.92. The number of hydrogen-bond donors (Lipinski definition) is 1. The molecule has 0 spiro atoms. The summed E-state index contributed by atoms with van der Waals surface area (Å²) >= 11 is 0. The Labute approximate surface area is 150 Å². The molecule has 1 N–H and O–H groups in total. The lowest BCUT2D eigenvalue weighted by Gasteiger charge is -2.16. The standard InChI is InChI=1S/C16H20F2N4O2.ClH/c17-16(18)24-14-4-3-11(6-15(14)23-9-10-1-2-10)12-5-13(20-7-12)8-21-22-19;/h3-4,6,10,12-13,16,20H,1-2,5,7-9H2;1H. The summed E-state index contributed by atoms with van der Waals surface area (Å²) in [6.45, 7) is -1.18. The maximum absolute atomic E-state index is 12.6. The Morgan fingerprint density at radius 3 is 2.80 bits per heavy atom. The topological polar surface area (TPSA) is 79.3 Å². The van der Waals surface area contributed by atoms with Gasteiger partial charge in [0.15, 0.2) is 11.5 Å². The van der Waals surface area contributed by atoms with Crippen LogP contribution >= 0.6 is 12.4 Å². The Kier molecular flexibility index (Phi) is 7.11. The van der Waals surface area contributed by atoms with Crippen LogP contribution in [0, 0.1) is 5.92 Å². The van der Waals surface area contributed by atoms with Gasteiger partial charge in [-0.1, -0.05) is 11.2 Å². The maximum Gasteiger partial charge on any atom is 0.387 e. The van der Waals surface area contributed by atoms with Crippen molar-refractivity contribution in [3.8, 4) is 11.5 Å². The summed E-state index contributed by atoms with van der Waals surface area (Å²) in [5, 5.41) is 6.90. The molecule has 1 saturated carbocycles. The van der Waals surface area contributed by atoms with Gasteiger partial charge in [-0.25, -0.2) is 0 Å². The lowest BCUT2D eigenvalue weighted by atomic mass is 9.96. The fourth-order valence-corrected chi connectivity index (χ4v) is 2.92. The minimum absolute atomic E-state index is 0. The third-order valence-electron chi connectivity index (χ3n) is 4.41. The van der Waals surface area contributed by atoms with Gasteiger partial charge in [0.25, 0.3) is 0 Å². The number of alkyl halides is 2. The van der Waals surface area contributed by atoms with E-state index < -0.39 is 6.61 Å². The molecule has 9 heteroatoms. The van der Waals surface area contributed by atoms with Gasteiger partial charge in [0, 0.05) is 24.0 Å². The monoisotopic (exact) mass is 374 g/mol. The van der Waals surface area contributed by atoms with Gasteiger partial charge in [-0.15, -0.1) is 12.4 Å². The summed E-state index contributed by atoms with van der Waals surface area (Å²) in [5.41, 5.74) is 9.41. The van der Waals surface area contributed by atoms with Crippen LogP contribution in [-0.2, 0) is 0 Å². The molecule has 2 atom stereocenters. The van der Waals surface area contributed by atoms with E-state index in [-0.39, 0.29) is 30.1 Å². The second-order valence-corrected chi connectivity index (χ2v) is 6.29. The van der Waals surface area contributed by atoms with Crippen molar-refractivity contribution in [1.29, 1.82) is 0 Å². The Hall–Kier alpha value is -1.76. The Balaban J connectivity index is 0.00000225. The molecule has 1 heterocycles. The van der Waals surface area contributed by atoms with Crippen molar-refractivity contribution in [2.75, 3.05) is 19.7 Å². The molecule has 138 valence electrons. The number of azide groups is 1. The first kappa shape index (κ1) is 19.6.